The number of halogens is 1. The van der Waals surface area contributed by atoms with Gasteiger partial charge in [0, 0.05) is 24.4 Å². The van der Waals surface area contributed by atoms with E-state index in [9.17, 15) is 4.79 Å². The van der Waals surface area contributed by atoms with Crippen LogP contribution in [0.1, 0.15) is 24.1 Å². The van der Waals surface area contributed by atoms with Crippen LogP contribution < -0.4 is 5.73 Å². The Bertz CT molecular complexity index is 348. The molecular formula is C13H21ClN2OS. The van der Waals surface area contributed by atoms with Crippen molar-refractivity contribution in [3.05, 3.63) is 22.4 Å². The summed E-state index contributed by atoms with van der Waals surface area (Å²) in [5.74, 6) is 0.921. The highest BCUT2D eigenvalue weighted by atomic mass is 35.5. The number of piperidine rings is 1. The number of carbonyl (C=O) groups is 1. The lowest BCUT2D eigenvalue weighted by Crippen LogP contribution is -2.40. The van der Waals surface area contributed by atoms with Gasteiger partial charge in [-0.25, -0.2) is 0 Å². The van der Waals surface area contributed by atoms with Crippen LogP contribution in [-0.4, -0.2) is 30.4 Å². The van der Waals surface area contributed by atoms with Gasteiger partial charge in [0.25, 0.3) is 0 Å². The first-order chi connectivity index (χ1) is 8.29. The van der Waals surface area contributed by atoms with Crippen molar-refractivity contribution in [1.29, 1.82) is 0 Å². The summed E-state index contributed by atoms with van der Waals surface area (Å²) in [5.41, 5.74) is 5.65. The first-order valence-electron chi connectivity index (χ1n) is 6.30. The molecule has 1 amide bonds. The van der Waals surface area contributed by atoms with Crippen molar-refractivity contribution in [2.75, 3.05) is 19.6 Å². The zero-order valence-electron chi connectivity index (χ0n) is 10.5. The van der Waals surface area contributed by atoms with E-state index in [-0.39, 0.29) is 12.4 Å². The number of carbonyl (C=O) groups excluding carboxylic acids is 1. The van der Waals surface area contributed by atoms with Gasteiger partial charge >= 0.3 is 0 Å². The van der Waals surface area contributed by atoms with Gasteiger partial charge in [0.1, 0.15) is 0 Å². The number of nitrogens with zero attached hydrogens (tertiary/aromatic N) is 1. The molecule has 0 atom stereocenters. The molecule has 3 nitrogen and oxygen atoms in total. The van der Waals surface area contributed by atoms with Crippen LogP contribution in [0.2, 0.25) is 0 Å². The molecule has 5 heteroatoms. The van der Waals surface area contributed by atoms with E-state index in [1.165, 1.54) is 4.88 Å². The van der Waals surface area contributed by atoms with Crippen molar-refractivity contribution in [3.8, 4) is 0 Å². The number of rotatable bonds is 4. The van der Waals surface area contributed by atoms with Crippen molar-refractivity contribution in [2.45, 2.75) is 25.7 Å². The summed E-state index contributed by atoms with van der Waals surface area (Å²) in [6.07, 6.45) is 3.67. The number of aryl methyl sites for hydroxylation is 1. The SMILES string of the molecule is Cl.NCC1CCN(C(=O)CCc2cccs2)CC1. The molecule has 0 aliphatic carbocycles. The van der Waals surface area contributed by atoms with E-state index in [4.69, 9.17) is 5.73 Å². The number of hydrogen-bond acceptors (Lipinski definition) is 3. The van der Waals surface area contributed by atoms with E-state index in [0.717, 1.165) is 38.9 Å². The van der Waals surface area contributed by atoms with E-state index >= 15 is 0 Å². The Morgan fingerprint density at radius 1 is 1.44 bits per heavy atom. The lowest BCUT2D eigenvalue weighted by Gasteiger charge is -2.31. The minimum atomic E-state index is 0. The highest BCUT2D eigenvalue weighted by Gasteiger charge is 2.21. The lowest BCUT2D eigenvalue weighted by molar-refractivity contribution is -0.132. The standard InChI is InChI=1S/C13H20N2OS.ClH/c14-10-11-5-7-15(8-6-11)13(16)4-3-12-2-1-9-17-12;/h1-2,9,11H,3-8,10,14H2;1H. The number of nitrogens with two attached hydrogens (primary N) is 1. The minimum absolute atomic E-state index is 0. The molecule has 102 valence electrons. The average Bonchev–Trinajstić information content (AvgIpc) is 2.89. The Kier molecular flexibility index (Phi) is 6.68. The smallest absolute Gasteiger partial charge is 0.222 e. The van der Waals surface area contributed by atoms with E-state index in [2.05, 4.69) is 11.4 Å². The molecule has 0 spiro atoms. The van der Waals surface area contributed by atoms with Crippen molar-refractivity contribution in [2.24, 2.45) is 11.7 Å². The van der Waals surface area contributed by atoms with E-state index in [1.807, 2.05) is 11.0 Å². The van der Waals surface area contributed by atoms with Crippen molar-refractivity contribution >= 4 is 29.7 Å². The van der Waals surface area contributed by atoms with Crippen LogP contribution in [0.15, 0.2) is 17.5 Å². The maximum Gasteiger partial charge on any atom is 0.222 e. The van der Waals surface area contributed by atoms with Crippen molar-refractivity contribution in [1.82, 2.24) is 4.90 Å². The van der Waals surface area contributed by atoms with Crippen LogP contribution in [-0.2, 0) is 11.2 Å². The maximum absolute atomic E-state index is 12.0. The topological polar surface area (TPSA) is 46.3 Å². The van der Waals surface area contributed by atoms with Gasteiger partial charge in [-0.05, 0) is 43.2 Å². The summed E-state index contributed by atoms with van der Waals surface area (Å²) < 4.78 is 0. The minimum Gasteiger partial charge on any atom is -0.343 e. The number of amides is 1. The molecule has 1 aliphatic heterocycles. The van der Waals surface area contributed by atoms with Crippen LogP contribution >= 0.6 is 23.7 Å². The summed E-state index contributed by atoms with van der Waals surface area (Å²) in [6.45, 7) is 2.55. The molecule has 0 saturated carbocycles. The van der Waals surface area contributed by atoms with Gasteiger partial charge in [-0.2, -0.15) is 0 Å². The molecule has 0 aromatic carbocycles. The first-order valence-corrected chi connectivity index (χ1v) is 7.18. The third-order valence-electron chi connectivity index (χ3n) is 3.47. The Morgan fingerprint density at radius 3 is 2.72 bits per heavy atom. The van der Waals surface area contributed by atoms with Gasteiger partial charge in [0.05, 0.1) is 0 Å². The fourth-order valence-electron chi connectivity index (χ4n) is 2.26. The summed E-state index contributed by atoms with van der Waals surface area (Å²) in [6, 6.07) is 4.13. The van der Waals surface area contributed by atoms with E-state index < -0.39 is 0 Å². The van der Waals surface area contributed by atoms with Gasteiger partial charge in [-0.3, -0.25) is 4.79 Å². The summed E-state index contributed by atoms with van der Waals surface area (Å²) in [4.78, 5) is 15.3. The number of hydrogen-bond donors (Lipinski definition) is 1. The summed E-state index contributed by atoms with van der Waals surface area (Å²) in [7, 11) is 0. The molecule has 2 N–H and O–H groups in total. The quantitative estimate of drug-likeness (QED) is 0.924. The fraction of sp³-hybridized carbons (Fsp3) is 0.615. The molecular weight excluding hydrogens is 268 g/mol. The second-order valence-electron chi connectivity index (χ2n) is 4.64. The molecule has 0 bridgehead atoms. The van der Waals surface area contributed by atoms with Crippen molar-refractivity contribution < 1.29 is 4.79 Å². The predicted molar refractivity (Wildman–Crippen MR) is 78.2 cm³/mol. The Hall–Kier alpha value is -0.580. The first kappa shape index (κ1) is 15.5. The largest absolute Gasteiger partial charge is 0.343 e. The van der Waals surface area contributed by atoms with Gasteiger partial charge in [0.2, 0.25) is 5.91 Å². The normalized spacial score (nSPS) is 16.4. The van der Waals surface area contributed by atoms with Crippen LogP contribution in [0.4, 0.5) is 0 Å². The van der Waals surface area contributed by atoms with Crippen molar-refractivity contribution in [3.63, 3.8) is 0 Å². The molecule has 1 aromatic heterocycles. The lowest BCUT2D eigenvalue weighted by atomic mass is 9.97. The molecule has 2 heterocycles. The highest BCUT2D eigenvalue weighted by molar-refractivity contribution is 7.09. The molecule has 2 rings (SSSR count). The monoisotopic (exact) mass is 288 g/mol. The molecule has 1 saturated heterocycles. The van der Waals surface area contributed by atoms with Gasteiger partial charge in [-0.1, -0.05) is 6.07 Å². The van der Waals surface area contributed by atoms with E-state index in [1.54, 1.807) is 11.3 Å². The zero-order valence-corrected chi connectivity index (χ0v) is 12.1. The van der Waals surface area contributed by atoms with Gasteiger partial charge in [-0.15, -0.1) is 23.7 Å². The summed E-state index contributed by atoms with van der Waals surface area (Å²) in [5, 5.41) is 2.06. The Labute approximate surface area is 119 Å². The van der Waals surface area contributed by atoms with Gasteiger partial charge < -0.3 is 10.6 Å². The van der Waals surface area contributed by atoms with Crippen LogP contribution in [0, 0.1) is 5.92 Å². The molecule has 1 aromatic rings. The number of thiophene rings is 1. The van der Waals surface area contributed by atoms with Gasteiger partial charge in [0.15, 0.2) is 0 Å². The third-order valence-corrected chi connectivity index (χ3v) is 4.40. The molecule has 1 fully saturated rings. The second-order valence-corrected chi connectivity index (χ2v) is 5.67. The third kappa shape index (κ3) is 4.26. The average molecular weight is 289 g/mol. The predicted octanol–water partition coefficient (Wildman–Crippen LogP) is 2.30. The molecule has 0 radical (unpaired) electrons. The van der Waals surface area contributed by atoms with Crippen LogP contribution in [0.3, 0.4) is 0 Å². The molecule has 0 unspecified atom stereocenters. The second kappa shape index (κ2) is 7.77. The highest BCUT2D eigenvalue weighted by Crippen LogP contribution is 2.17. The van der Waals surface area contributed by atoms with Crippen LogP contribution in [0.25, 0.3) is 0 Å². The number of likely N-dealkylation sites (tertiary alicyclic amines) is 1. The molecule has 1 aliphatic rings. The van der Waals surface area contributed by atoms with Crippen LogP contribution in [0.5, 0.6) is 0 Å². The zero-order chi connectivity index (χ0) is 12.1. The fourth-order valence-corrected chi connectivity index (χ4v) is 2.97. The maximum atomic E-state index is 12.0. The molecule has 18 heavy (non-hydrogen) atoms. The Balaban J connectivity index is 0.00000162. The summed E-state index contributed by atoms with van der Waals surface area (Å²) >= 11 is 1.73. The Morgan fingerprint density at radius 2 is 2.17 bits per heavy atom. The van der Waals surface area contributed by atoms with E-state index in [0.29, 0.717) is 18.2 Å².